The molecule has 6 aromatic rings. The highest BCUT2D eigenvalue weighted by Crippen LogP contribution is 2.35. The van der Waals surface area contributed by atoms with Crippen LogP contribution in [0.4, 0.5) is 5.69 Å². The van der Waals surface area contributed by atoms with Gasteiger partial charge in [0.2, 0.25) is 9.84 Å². The number of rotatable bonds is 10. The molecule has 5 nitrogen and oxygen atoms in total. The Morgan fingerprint density at radius 2 is 0.736 bits per heavy atom. The van der Waals surface area contributed by atoms with E-state index in [1.807, 2.05) is 60.7 Å². The molecule has 272 valence electrons. The second kappa shape index (κ2) is 14.6. The third-order valence-electron chi connectivity index (χ3n) is 9.38. The molecule has 6 aromatic carbocycles. The van der Waals surface area contributed by atoms with Crippen molar-refractivity contribution in [3.8, 4) is 34.1 Å². The van der Waals surface area contributed by atoms with Gasteiger partial charge in [0, 0.05) is 16.6 Å². The average Bonchev–Trinajstić information content (AvgIpc) is 3.13. The SMILES string of the molecule is CC(C)(C)Nc1ccc(Oc2ccc(Oc3ccc(S(=O)(=O)c4ccc(-c5ccc(C(C)(C)c6ccc(C(C)(C)C)cc6)cc5)cc4)cc3)cc2)cc1. The fourth-order valence-corrected chi connectivity index (χ4v) is 7.43. The summed E-state index contributed by atoms with van der Waals surface area (Å²) in [6.07, 6.45) is 0. The molecule has 1 N–H and O–H groups in total. The molecule has 6 rings (SSSR count). The topological polar surface area (TPSA) is 64.6 Å². The molecule has 0 aromatic heterocycles. The number of anilines is 1. The minimum Gasteiger partial charge on any atom is -0.457 e. The summed E-state index contributed by atoms with van der Waals surface area (Å²) in [7, 11) is -3.72. The van der Waals surface area contributed by atoms with Crippen LogP contribution in [0.5, 0.6) is 23.0 Å². The molecule has 0 aliphatic carbocycles. The van der Waals surface area contributed by atoms with Crippen LogP contribution >= 0.6 is 0 Å². The summed E-state index contributed by atoms with van der Waals surface area (Å²) in [5, 5.41) is 3.44. The predicted octanol–water partition coefficient (Wildman–Crippen LogP) is 12.6. The van der Waals surface area contributed by atoms with Gasteiger partial charge in [-0.15, -0.1) is 0 Å². The van der Waals surface area contributed by atoms with Crippen LogP contribution in [0.25, 0.3) is 11.1 Å². The van der Waals surface area contributed by atoms with E-state index >= 15 is 0 Å². The number of hydrogen-bond acceptors (Lipinski definition) is 5. The van der Waals surface area contributed by atoms with Crippen molar-refractivity contribution in [3.63, 3.8) is 0 Å². The normalized spacial score (nSPS) is 12.3. The molecule has 0 saturated heterocycles. The third kappa shape index (κ3) is 9.01. The molecule has 0 heterocycles. The summed E-state index contributed by atoms with van der Waals surface area (Å²) in [4.78, 5) is 0.439. The van der Waals surface area contributed by atoms with E-state index < -0.39 is 9.84 Å². The van der Waals surface area contributed by atoms with Gasteiger partial charge in [0.15, 0.2) is 0 Å². The van der Waals surface area contributed by atoms with Crippen molar-refractivity contribution in [2.75, 3.05) is 5.32 Å². The molecule has 0 fully saturated rings. The molecule has 0 radical (unpaired) electrons. The average molecular weight is 724 g/mol. The lowest BCUT2D eigenvalue weighted by molar-refractivity contribution is 0.469. The maximum atomic E-state index is 13.5. The van der Waals surface area contributed by atoms with Crippen LogP contribution in [0.15, 0.2) is 155 Å². The summed E-state index contributed by atoms with van der Waals surface area (Å²) in [5.41, 5.74) is 6.74. The zero-order valence-electron chi connectivity index (χ0n) is 31.9. The molecular weight excluding hydrogens is 675 g/mol. The lowest BCUT2D eigenvalue weighted by Crippen LogP contribution is -2.25. The van der Waals surface area contributed by atoms with Gasteiger partial charge in [-0.05, 0) is 139 Å². The fraction of sp³-hybridized carbons (Fsp3) is 0.234. The summed E-state index contributed by atoms with van der Waals surface area (Å²) in [5.74, 6) is 2.56. The zero-order chi connectivity index (χ0) is 38.0. The van der Waals surface area contributed by atoms with Crippen molar-refractivity contribution < 1.29 is 17.9 Å². The molecule has 0 aliphatic rings. The maximum Gasteiger partial charge on any atom is 0.206 e. The van der Waals surface area contributed by atoms with E-state index in [9.17, 15) is 8.42 Å². The summed E-state index contributed by atoms with van der Waals surface area (Å²) in [6, 6.07) is 46.2. The van der Waals surface area contributed by atoms with Gasteiger partial charge >= 0.3 is 0 Å². The minimum absolute atomic E-state index is 0.0205. The summed E-state index contributed by atoms with van der Waals surface area (Å²) >= 11 is 0. The maximum absolute atomic E-state index is 13.5. The van der Waals surface area contributed by atoms with Crippen LogP contribution in [-0.2, 0) is 20.7 Å². The van der Waals surface area contributed by atoms with Gasteiger partial charge in [-0.3, -0.25) is 0 Å². The lowest BCUT2D eigenvalue weighted by atomic mass is 9.76. The predicted molar refractivity (Wildman–Crippen MR) is 217 cm³/mol. The molecule has 0 spiro atoms. The van der Waals surface area contributed by atoms with Gasteiger partial charge < -0.3 is 14.8 Å². The largest absolute Gasteiger partial charge is 0.457 e. The first-order chi connectivity index (χ1) is 25.0. The Balaban J connectivity index is 1.07. The van der Waals surface area contributed by atoms with Crippen molar-refractivity contribution in [1.82, 2.24) is 0 Å². The number of ether oxygens (including phenoxy) is 2. The van der Waals surface area contributed by atoms with Gasteiger partial charge in [-0.1, -0.05) is 95.3 Å². The molecule has 0 atom stereocenters. The first-order valence-electron chi connectivity index (χ1n) is 18.0. The second-order valence-electron chi connectivity index (χ2n) is 16.1. The Bertz CT molecular complexity index is 2240. The molecule has 0 amide bonds. The molecular formula is C47H49NO4S. The lowest BCUT2D eigenvalue weighted by Gasteiger charge is -2.28. The smallest absolute Gasteiger partial charge is 0.206 e. The van der Waals surface area contributed by atoms with Crippen LogP contribution in [0.3, 0.4) is 0 Å². The van der Waals surface area contributed by atoms with Crippen LogP contribution in [0, 0.1) is 0 Å². The first kappa shape index (κ1) is 37.4. The van der Waals surface area contributed by atoms with Crippen LogP contribution in [0.2, 0.25) is 0 Å². The molecule has 0 unspecified atom stereocenters. The number of hydrogen-bond donors (Lipinski definition) is 1. The van der Waals surface area contributed by atoms with Crippen LogP contribution in [0.1, 0.15) is 72.1 Å². The van der Waals surface area contributed by atoms with Crippen molar-refractivity contribution >= 4 is 15.5 Å². The highest BCUT2D eigenvalue weighted by atomic mass is 32.2. The van der Waals surface area contributed by atoms with Crippen LogP contribution < -0.4 is 14.8 Å². The highest BCUT2D eigenvalue weighted by Gasteiger charge is 2.24. The second-order valence-corrected chi connectivity index (χ2v) is 18.1. The van der Waals surface area contributed by atoms with E-state index in [4.69, 9.17) is 9.47 Å². The van der Waals surface area contributed by atoms with E-state index in [-0.39, 0.29) is 26.2 Å². The van der Waals surface area contributed by atoms with Crippen molar-refractivity contribution in [1.29, 1.82) is 0 Å². The van der Waals surface area contributed by atoms with E-state index in [0.29, 0.717) is 17.2 Å². The quantitative estimate of drug-likeness (QED) is 0.152. The Morgan fingerprint density at radius 3 is 1.13 bits per heavy atom. The van der Waals surface area contributed by atoms with E-state index in [1.54, 1.807) is 36.4 Å². The molecule has 0 aliphatic heterocycles. The molecule has 0 bridgehead atoms. The zero-order valence-corrected chi connectivity index (χ0v) is 32.7. The summed E-state index contributed by atoms with van der Waals surface area (Å²) in [6.45, 7) is 17.5. The van der Waals surface area contributed by atoms with E-state index in [1.165, 1.54) is 16.7 Å². The highest BCUT2D eigenvalue weighted by molar-refractivity contribution is 7.91. The van der Waals surface area contributed by atoms with E-state index in [0.717, 1.165) is 22.6 Å². The van der Waals surface area contributed by atoms with Crippen molar-refractivity contribution in [2.24, 2.45) is 0 Å². The van der Waals surface area contributed by atoms with Crippen molar-refractivity contribution in [2.45, 2.75) is 81.5 Å². The first-order valence-corrected chi connectivity index (χ1v) is 19.5. The Labute approximate surface area is 315 Å². The van der Waals surface area contributed by atoms with Gasteiger partial charge in [-0.2, -0.15) is 0 Å². The standard InChI is InChI=1S/C47H49NO4S/c1-45(2,3)35-15-17-37(18-16-35)47(7,8)36-13-9-33(10-14-36)34-11-29-43(30-12-34)53(49,50)44-31-27-42(28-32-44)52-41-25-23-40(24-26-41)51-39-21-19-38(20-22-39)48-46(4,5)6/h9-32,48H,1-8H3. The van der Waals surface area contributed by atoms with Crippen molar-refractivity contribution in [3.05, 3.63) is 162 Å². The monoisotopic (exact) mass is 723 g/mol. The number of benzene rings is 6. The van der Waals surface area contributed by atoms with Gasteiger partial charge in [0.05, 0.1) is 9.79 Å². The molecule has 0 saturated carbocycles. The molecule has 53 heavy (non-hydrogen) atoms. The number of nitrogens with one attached hydrogen (secondary N) is 1. The van der Waals surface area contributed by atoms with Gasteiger partial charge in [-0.25, -0.2) is 8.42 Å². The molecule has 6 heteroatoms. The third-order valence-corrected chi connectivity index (χ3v) is 11.2. The Kier molecular flexibility index (Phi) is 10.3. The fourth-order valence-electron chi connectivity index (χ4n) is 6.17. The Morgan fingerprint density at radius 1 is 0.415 bits per heavy atom. The van der Waals surface area contributed by atoms with Crippen LogP contribution in [-0.4, -0.2) is 14.0 Å². The number of sulfone groups is 1. The summed E-state index contributed by atoms with van der Waals surface area (Å²) < 4.78 is 39.0. The van der Waals surface area contributed by atoms with Gasteiger partial charge in [0.25, 0.3) is 0 Å². The van der Waals surface area contributed by atoms with Gasteiger partial charge in [0.1, 0.15) is 23.0 Å². The minimum atomic E-state index is -3.72. The Hall–Kier alpha value is -5.33. The van der Waals surface area contributed by atoms with E-state index in [2.05, 4.69) is 109 Å².